The average Bonchev–Trinajstić information content (AvgIpc) is 3.15. The summed E-state index contributed by atoms with van der Waals surface area (Å²) >= 11 is 0. The van der Waals surface area contributed by atoms with E-state index in [1.165, 1.54) is 5.69 Å². The Labute approximate surface area is 153 Å². The van der Waals surface area contributed by atoms with Crippen LogP contribution in [0.15, 0.2) is 30.7 Å². The van der Waals surface area contributed by atoms with Crippen LogP contribution in [0.2, 0.25) is 0 Å². The van der Waals surface area contributed by atoms with Gasteiger partial charge in [-0.2, -0.15) is 0 Å². The quantitative estimate of drug-likeness (QED) is 0.896. The van der Waals surface area contributed by atoms with E-state index in [1.807, 2.05) is 23.2 Å². The van der Waals surface area contributed by atoms with Crippen LogP contribution in [0.25, 0.3) is 0 Å². The predicted octanol–water partition coefficient (Wildman–Crippen LogP) is 1.33. The fourth-order valence-electron chi connectivity index (χ4n) is 4.35. The predicted molar refractivity (Wildman–Crippen MR) is 96.3 cm³/mol. The molecule has 0 saturated carbocycles. The second kappa shape index (κ2) is 7.17. The number of carbonyl (C=O) groups is 1. The molecule has 138 valence electrons. The Balaban J connectivity index is 1.54. The van der Waals surface area contributed by atoms with Gasteiger partial charge in [0.1, 0.15) is 6.61 Å². The van der Waals surface area contributed by atoms with E-state index < -0.39 is 0 Å². The lowest BCUT2D eigenvalue weighted by atomic mass is 9.78. The van der Waals surface area contributed by atoms with Crippen molar-refractivity contribution in [2.24, 2.45) is 0 Å². The van der Waals surface area contributed by atoms with Gasteiger partial charge >= 0.3 is 0 Å². The van der Waals surface area contributed by atoms with Crippen molar-refractivity contribution in [1.82, 2.24) is 24.8 Å². The summed E-state index contributed by atoms with van der Waals surface area (Å²) in [7, 11) is 1.57. The molecule has 4 heterocycles. The lowest BCUT2D eigenvalue weighted by Crippen LogP contribution is -2.58. The van der Waals surface area contributed by atoms with Gasteiger partial charge < -0.3 is 14.6 Å². The van der Waals surface area contributed by atoms with Gasteiger partial charge in [-0.05, 0) is 25.0 Å². The molecule has 1 saturated heterocycles. The molecule has 2 aromatic rings. The molecule has 4 rings (SSSR count). The topological polar surface area (TPSA) is 74.3 Å². The normalized spacial score (nSPS) is 19.5. The minimum Gasteiger partial charge on any atom is -0.375 e. The summed E-state index contributed by atoms with van der Waals surface area (Å²) in [4.78, 5) is 29.5. The first-order valence-electron chi connectivity index (χ1n) is 9.17. The van der Waals surface area contributed by atoms with Crippen molar-refractivity contribution in [3.63, 3.8) is 0 Å². The summed E-state index contributed by atoms with van der Waals surface area (Å²) in [5, 5.41) is 0. The Morgan fingerprint density at radius 3 is 2.85 bits per heavy atom. The zero-order valence-electron chi connectivity index (χ0n) is 15.1. The van der Waals surface area contributed by atoms with E-state index in [4.69, 9.17) is 4.74 Å². The number of aromatic amines is 1. The number of likely N-dealkylation sites (tertiary alicyclic amines) is 1. The van der Waals surface area contributed by atoms with Gasteiger partial charge in [0.2, 0.25) is 5.91 Å². The number of carbonyl (C=O) groups excluding carboxylic acids is 1. The number of amides is 1. The maximum atomic E-state index is 12.7. The number of hydrogen-bond acceptors (Lipinski definition) is 5. The Morgan fingerprint density at radius 2 is 2.12 bits per heavy atom. The maximum Gasteiger partial charge on any atom is 0.249 e. The standard InChI is InChI=1S/C19H25N5O2/c1-26-13-17(25)24-9-5-16-18(22-14-21-16)19(24)6-10-23(11-7-19)12-15-4-2-3-8-20-15/h2-4,8,14H,5-7,9-13H2,1H3,(H,21,22). The molecule has 0 aliphatic carbocycles. The van der Waals surface area contributed by atoms with Crippen LogP contribution in [0.1, 0.15) is 29.9 Å². The van der Waals surface area contributed by atoms with Gasteiger partial charge in [-0.3, -0.25) is 14.7 Å². The molecular formula is C19H25N5O2. The number of H-pyrrole nitrogens is 1. The first-order valence-corrected chi connectivity index (χ1v) is 9.17. The fraction of sp³-hybridized carbons (Fsp3) is 0.526. The van der Waals surface area contributed by atoms with Gasteiger partial charge in [0.25, 0.3) is 0 Å². The molecule has 1 fully saturated rings. The summed E-state index contributed by atoms with van der Waals surface area (Å²) in [6, 6.07) is 6.02. The molecule has 0 atom stereocenters. The van der Waals surface area contributed by atoms with Crippen molar-refractivity contribution in [3.8, 4) is 0 Å². The van der Waals surface area contributed by atoms with Crippen LogP contribution in [0.3, 0.4) is 0 Å². The summed E-state index contributed by atoms with van der Waals surface area (Å²) in [5.41, 5.74) is 2.99. The van der Waals surface area contributed by atoms with Crippen molar-refractivity contribution in [1.29, 1.82) is 0 Å². The highest BCUT2D eigenvalue weighted by atomic mass is 16.5. The number of imidazole rings is 1. The van der Waals surface area contributed by atoms with Crippen LogP contribution >= 0.6 is 0 Å². The molecule has 7 heteroatoms. The van der Waals surface area contributed by atoms with Gasteiger partial charge in [0.05, 0.1) is 23.3 Å². The molecule has 26 heavy (non-hydrogen) atoms. The number of pyridine rings is 1. The zero-order valence-corrected chi connectivity index (χ0v) is 15.1. The summed E-state index contributed by atoms with van der Waals surface area (Å²) < 4.78 is 5.12. The Hall–Kier alpha value is -2.25. The monoisotopic (exact) mass is 355 g/mol. The number of nitrogens with zero attached hydrogens (tertiary/aromatic N) is 4. The van der Waals surface area contributed by atoms with Crippen molar-refractivity contribution < 1.29 is 9.53 Å². The van der Waals surface area contributed by atoms with E-state index in [9.17, 15) is 4.79 Å². The first kappa shape index (κ1) is 17.2. The molecule has 1 amide bonds. The average molecular weight is 355 g/mol. The van der Waals surface area contributed by atoms with Crippen molar-refractivity contribution >= 4 is 5.91 Å². The van der Waals surface area contributed by atoms with Crippen LogP contribution in [-0.2, 0) is 28.0 Å². The van der Waals surface area contributed by atoms with Crippen LogP contribution in [0.5, 0.6) is 0 Å². The van der Waals surface area contributed by atoms with Crippen molar-refractivity contribution in [2.75, 3.05) is 33.4 Å². The number of nitrogens with one attached hydrogen (secondary N) is 1. The molecule has 1 N–H and O–H groups in total. The molecule has 2 aliphatic heterocycles. The molecule has 0 aromatic carbocycles. The third kappa shape index (κ3) is 3.01. The molecule has 0 bridgehead atoms. The fourth-order valence-corrected chi connectivity index (χ4v) is 4.35. The highest BCUT2D eigenvalue weighted by molar-refractivity contribution is 5.79. The maximum absolute atomic E-state index is 12.7. The molecule has 1 spiro atoms. The Kier molecular flexibility index (Phi) is 4.74. The lowest BCUT2D eigenvalue weighted by molar-refractivity contribution is -0.146. The number of methoxy groups -OCH3 is 1. The summed E-state index contributed by atoms with van der Waals surface area (Å²) in [5.74, 6) is 0.0549. The third-order valence-corrected chi connectivity index (χ3v) is 5.62. The smallest absolute Gasteiger partial charge is 0.249 e. The largest absolute Gasteiger partial charge is 0.375 e. The number of piperidine rings is 1. The zero-order chi connectivity index (χ0) is 18.0. The molecule has 2 aromatic heterocycles. The van der Waals surface area contributed by atoms with E-state index in [0.29, 0.717) is 0 Å². The SMILES string of the molecule is COCC(=O)N1CCc2[nH]cnc2C12CCN(Cc1ccccn1)CC2. The van der Waals surface area contributed by atoms with Gasteiger partial charge in [0.15, 0.2) is 0 Å². The number of fused-ring (bicyclic) bond motifs is 2. The van der Waals surface area contributed by atoms with E-state index in [1.54, 1.807) is 13.4 Å². The van der Waals surface area contributed by atoms with E-state index in [-0.39, 0.29) is 18.1 Å². The van der Waals surface area contributed by atoms with Crippen LogP contribution in [0, 0.1) is 0 Å². The van der Waals surface area contributed by atoms with E-state index >= 15 is 0 Å². The van der Waals surface area contributed by atoms with E-state index in [2.05, 4.69) is 25.9 Å². The van der Waals surface area contributed by atoms with Gasteiger partial charge in [-0.25, -0.2) is 4.98 Å². The van der Waals surface area contributed by atoms with Crippen LogP contribution in [0.4, 0.5) is 0 Å². The lowest BCUT2D eigenvalue weighted by Gasteiger charge is -2.50. The first-order chi connectivity index (χ1) is 12.7. The molecular weight excluding hydrogens is 330 g/mol. The van der Waals surface area contributed by atoms with Crippen molar-refractivity contribution in [2.45, 2.75) is 31.3 Å². The summed E-state index contributed by atoms with van der Waals surface area (Å²) in [6.07, 6.45) is 6.19. The number of ether oxygens (including phenoxy) is 1. The van der Waals surface area contributed by atoms with Crippen LogP contribution in [-0.4, -0.2) is 64.0 Å². The number of hydrogen-bond donors (Lipinski definition) is 1. The minimum atomic E-state index is -0.316. The number of rotatable bonds is 4. The summed E-state index contributed by atoms with van der Waals surface area (Å²) in [6.45, 7) is 3.52. The van der Waals surface area contributed by atoms with Crippen LogP contribution < -0.4 is 0 Å². The Bertz CT molecular complexity index is 752. The van der Waals surface area contributed by atoms with E-state index in [0.717, 1.165) is 56.8 Å². The van der Waals surface area contributed by atoms with Gasteiger partial charge in [-0.1, -0.05) is 6.07 Å². The third-order valence-electron chi connectivity index (χ3n) is 5.62. The molecule has 0 radical (unpaired) electrons. The van der Waals surface area contributed by atoms with Gasteiger partial charge in [0, 0.05) is 51.6 Å². The highest BCUT2D eigenvalue weighted by Gasteiger charge is 2.48. The Morgan fingerprint density at radius 1 is 1.27 bits per heavy atom. The molecule has 2 aliphatic rings. The van der Waals surface area contributed by atoms with Crippen molar-refractivity contribution in [3.05, 3.63) is 47.8 Å². The molecule has 7 nitrogen and oxygen atoms in total. The molecule has 0 unspecified atom stereocenters. The highest BCUT2D eigenvalue weighted by Crippen LogP contribution is 2.42. The minimum absolute atomic E-state index is 0.0549. The second-order valence-electron chi connectivity index (χ2n) is 7.09. The number of aromatic nitrogens is 3. The van der Waals surface area contributed by atoms with Gasteiger partial charge in [-0.15, -0.1) is 0 Å². The second-order valence-corrected chi connectivity index (χ2v) is 7.09.